The van der Waals surface area contributed by atoms with E-state index < -0.39 is 5.82 Å². The van der Waals surface area contributed by atoms with Gasteiger partial charge in [0.1, 0.15) is 5.82 Å². The van der Waals surface area contributed by atoms with Crippen LogP contribution in [-0.4, -0.2) is 21.6 Å². The number of fused-ring (bicyclic) bond motifs is 1. The minimum atomic E-state index is -0.455. The first-order valence-electron chi connectivity index (χ1n) is 10.4. The second kappa shape index (κ2) is 11.3. The van der Waals surface area contributed by atoms with Crippen LogP contribution in [0, 0.1) is 5.82 Å². The Morgan fingerprint density at radius 1 is 1.06 bits per heavy atom. The lowest BCUT2D eigenvalue weighted by Gasteiger charge is -2.12. The van der Waals surface area contributed by atoms with Crippen molar-refractivity contribution in [1.29, 1.82) is 0 Å². The van der Waals surface area contributed by atoms with Gasteiger partial charge >= 0.3 is 0 Å². The van der Waals surface area contributed by atoms with Gasteiger partial charge in [-0.2, -0.15) is 0 Å². The zero-order valence-electron chi connectivity index (χ0n) is 18.8. The van der Waals surface area contributed by atoms with Crippen LogP contribution in [0.1, 0.15) is 27.7 Å². The normalized spacial score (nSPS) is 10.8. The fraction of sp³-hybridized carbons (Fsp3) is 0.250. The molecule has 2 heterocycles. The lowest BCUT2D eigenvalue weighted by Crippen LogP contribution is -2.23. The van der Waals surface area contributed by atoms with Gasteiger partial charge in [-0.05, 0) is 42.5 Å². The minimum absolute atomic E-state index is 0.0635. The number of H-pyrrole nitrogens is 1. The summed E-state index contributed by atoms with van der Waals surface area (Å²) in [4.78, 5) is 12.2. The molecular weight excluding hydrogens is 413 g/mol. The predicted molar refractivity (Wildman–Crippen MR) is 129 cm³/mol. The van der Waals surface area contributed by atoms with Crippen LogP contribution in [-0.2, 0) is 7.05 Å². The summed E-state index contributed by atoms with van der Waals surface area (Å²) in [5.41, 5.74) is 4.05. The van der Waals surface area contributed by atoms with E-state index in [1.54, 1.807) is 19.2 Å². The first kappa shape index (κ1) is 24.2. The molecule has 0 radical (unpaired) electrons. The number of nitrogens with one attached hydrogen (secondary N) is 2. The van der Waals surface area contributed by atoms with Crippen LogP contribution in [0.2, 0.25) is 5.02 Å². The van der Waals surface area contributed by atoms with Crippen molar-refractivity contribution in [2.75, 3.05) is 12.4 Å². The Morgan fingerprint density at radius 3 is 2.48 bits per heavy atom. The summed E-state index contributed by atoms with van der Waals surface area (Å²) < 4.78 is 15.4. The van der Waals surface area contributed by atoms with Crippen molar-refractivity contribution in [3.8, 4) is 11.3 Å². The molecule has 0 bridgehead atoms. The molecule has 0 saturated heterocycles. The molecule has 0 amide bonds. The zero-order chi connectivity index (χ0) is 23.0. The van der Waals surface area contributed by atoms with Crippen molar-refractivity contribution >= 4 is 34.0 Å². The van der Waals surface area contributed by atoms with E-state index in [9.17, 15) is 4.39 Å². The van der Waals surface area contributed by atoms with Crippen molar-refractivity contribution in [3.63, 3.8) is 0 Å². The maximum atomic E-state index is 13.5. The fourth-order valence-electron chi connectivity index (χ4n) is 3.02. The van der Waals surface area contributed by atoms with Crippen LogP contribution in [0.4, 0.5) is 15.9 Å². The van der Waals surface area contributed by atoms with Gasteiger partial charge in [0.2, 0.25) is 0 Å². The van der Waals surface area contributed by atoms with Crippen LogP contribution in [0.25, 0.3) is 22.2 Å². The van der Waals surface area contributed by atoms with Crippen LogP contribution in [0.15, 0.2) is 59.9 Å². The van der Waals surface area contributed by atoms with E-state index in [2.05, 4.69) is 15.3 Å². The molecular formula is C24H29ClFN5. The molecule has 0 fully saturated rings. The molecule has 5 nitrogen and oxygen atoms in total. The van der Waals surface area contributed by atoms with Gasteiger partial charge in [-0.25, -0.2) is 9.37 Å². The van der Waals surface area contributed by atoms with E-state index in [-0.39, 0.29) is 5.02 Å². The first-order valence-corrected chi connectivity index (χ1v) is 10.7. The van der Waals surface area contributed by atoms with Gasteiger partial charge in [0.25, 0.3) is 0 Å². The van der Waals surface area contributed by atoms with Crippen LogP contribution >= 0.6 is 11.6 Å². The number of nitrogens with zero attached hydrogens (tertiary/aromatic N) is 3. The van der Waals surface area contributed by atoms with Gasteiger partial charge in [-0.15, -0.1) is 0 Å². The van der Waals surface area contributed by atoms with Gasteiger partial charge in [0.15, 0.2) is 11.3 Å². The largest absolute Gasteiger partial charge is 0.361 e. The standard InChI is InChI=1S/C20H17ClFN5.2C2H6/c1-23-20-19(25-14-4-6-17-13(9-14)7-8-24-17)26-18(11-27(20)2)12-3-5-16(22)15(21)10-12;2*1-2/h3-11,24H,1-2H3,(H,25,26);2*1-2H3. The molecule has 2 aromatic heterocycles. The molecule has 0 aliphatic rings. The van der Waals surface area contributed by atoms with E-state index in [0.717, 1.165) is 22.2 Å². The van der Waals surface area contributed by atoms with E-state index in [1.165, 1.54) is 6.07 Å². The average Bonchev–Trinajstić information content (AvgIpc) is 3.26. The van der Waals surface area contributed by atoms with Gasteiger partial charge in [0, 0.05) is 48.6 Å². The molecule has 4 rings (SSSR count). The third kappa shape index (κ3) is 5.52. The van der Waals surface area contributed by atoms with E-state index >= 15 is 0 Å². The number of aromatic nitrogens is 3. The van der Waals surface area contributed by atoms with Gasteiger partial charge in [-0.1, -0.05) is 39.3 Å². The second-order valence-electron chi connectivity index (χ2n) is 6.17. The number of hydrogen-bond donors (Lipinski definition) is 2. The summed E-state index contributed by atoms with van der Waals surface area (Å²) in [7, 11) is 3.60. The Kier molecular flexibility index (Phi) is 8.82. The zero-order valence-corrected chi connectivity index (χ0v) is 19.5. The summed E-state index contributed by atoms with van der Waals surface area (Å²) >= 11 is 5.93. The summed E-state index contributed by atoms with van der Waals surface area (Å²) in [5.74, 6) is 0.149. The molecule has 0 saturated carbocycles. The molecule has 0 aliphatic heterocycles. The van der Waals surface area contributed by atoms with Crippen molar-refractivity contribution in [3.05, 3.63) is 71.2 Å². The molecule has 0 atom stereocenters. The second-order valence-corrected chi connectivity index (χ2v) is 6.57. The highest BCUT2D eigenvalue weighted by Crippen LogP contribution is 2.25. The SMILES string of the molecule is CC.CC.CN=c1c(Nc2ccc3[nH]ccc3c2)nc(-c2ccc(F)c(Cl)c2)cn1C. The highest BCUT2D eigenvalue weighted by Gasteiger charge is 2.10. The maximum absolute atomic E-state index is 13.5. The lowest BCUT2D eigenvalue weighted by molar-refractivity contribution is 0.628. The van der Waals surface area contributed by atoms with Crippen molar-refractivity contribution in [2.45, 2.75) is 27.7 Å². The average molecular weight is 442 g/mol. The first-order chi connectivity index (χ1) is 15.0. The number of aryl methyl sites for hydroxylation is 1. The summed E-state index contributed by atoms with van der Waals surface area (Å²) in [6.07, 6.45) is 3.74. The monoisotopic (exact) mass is 441 g/mol. The van der Waals surface area contributed by atoms with Crippen molar-refractivity contribution < 1.29 is 4.39 Å². The fourth-order valence-corrected chi connectivity index (χ4v) is 3.20. The maximum Gasteiger partial charge on any atom is 0.174 e. The Hall–Kier alpha value is -3.12. The lowest BCUT2D eigenvalue weighted by atomic mass is 10.1. The number of anilines is 2. The topological polar surface area (TPSA) is 58.0 Å². The third-order valence-electron chi connectivity index (χ3n) is 4.34. The molecule has 31 heavy (non-hydrogen) atoms. The Morgan fingerprint density at radius 2 is 1.81 bits per heavy atom. The van der Waals surface area contributed by atoms with Crippen molar-refractivity contribution in [1.82, 2.24) is 14.5 Å². The smallest absolute Gasteiger partial charge is 0.174 e. The van der Waals surface area contributed by atoms with Crippen LogP contribution in [0.3, 0.4) is 0 Å². The summed E-state index contributed by atoms with van der Waals surface area (Å²) in [6, 6.07) is 12.6. The molecule has 0 unspecified atom stereocenters. The number of rotatable bonds is 3. The van der Waals surface area contributed by atoms with Crippen molar-refractivity contribution in [2.24, 2.45) is 12.0 Å². The quantitative estimate of drug-likeness (QED) is 0.372. The summed E-state index contributed by atoms with van der Waals surface area (Å²) in [5, 5.41) is 4.50. The number of halogens is 2. The molecule has 0 aliphatic carbocycles. The van der Waals surface area contributed by atoms with E-state index in [1.807, 2.05) is 76.0 Å². The number of benzene rings is 2. The molecule has 0 spiro atoms. The van der Waals surface area contributed by atoms with Crippen LogP contribution in [0.5, 0.6) is 0 Å². The van der Waals surface area contributed by atoms with E-state index in [0.29, 0.717) is 17.0 Å². The minimum Gasteiger partial charge on any atom is -0.361 e. The van der Waals surface area contributed by atoms with Gasteiger partial charge in [-0.3, -0.25) is 4.99 Å². The third-order valence-corrected chi connectivity index (χ3v) is 4.63. The highest BCUT2D eigenvalue weighted by molar-refractivity contribution is 6.31. The molecule has 2 N–H and O–H groups in total. The van der Waals surface area contributed by atoms with Crippen LogP contribution < -0.4 is 10.8 Å². The van der Waals surface area contributed by atoms with E-state index in [4.69, 9.17) is 16.6 Å². The molecule has 4 aromatic rings. The molecule has 7 heteroatoms. The molecule has 2 aromatic carbocycles. The Labute approximate surface area is 187 Å². The predicted octanol–water partition coefficient (Wildman–Crippen LogP) is 6.69. The highest BCUT2D eigenvalue weighted by atomic mass is 35.5. The summed E-state index contributed by atoms with van der Waals surface area (Å²) in [6.45, 7) is 8.00. The number of hydrogen-bond acceptors (Lipinski definition) is 3. The van der Waals surface area contributed by atoms with Gasteiger partial charge in [0.05, 0.1) is 10.7 Å². The number of aromatic amines is 1. The Bertz CT molecular complexity index is 1210. The Balaban J connectivity index is 0.000000807. The van der Waals surface area contributed by atoms with Gasteiger partial charge < -0.3 is 14.9 Å². The molecule has 164 valence electrons.